The molecule has 2 aromatic rings. The lowest BCUT2D eigenvalue weighted by Crippen LogP contribution is -2.23. The molecule has 17 heavy (non-hydrogen) atoms. The molecule has 1 atom stereocenters. The summed E-state index contributed by atoms with van der Waals surface area (Å²) >= 11 is 0. The quantitative estimate of drug-likeness (QED) is 0.551. The molecule has 3 rings (SSSR count). The molecule has 0 bridgehead atoms. The van der Waals surface area contributed by atoms with Crippen LogP contribution in [0, 0.1) is 5.92 Å². The smallest absolute Gasteiger partial charge is 0.173 e. The van der Waals surface area contributed by atoms with E-state index in [-0.39, 0.29) is 5.78 Å². The summed E-state index contributed by atoms with van der Waals surface area (Å²) in [4.78, 5) is 22.9. The first-order valence-electron chi connectivity index (χ1n) is 5.81. The number of benzene rings is 2. The zero-order valence-electron chi connectivity index (χ0n) is 9.35. The predicted molar refractivity (Wildman–Crippen MR) is 66.2 cm³/mol. The molecular weight excluding hydrogens is 212 g/mol. The molecule has 1 aliphatic carbocycles. The van der Waals surface area contributed by atoms with Gasteiger partial charge in [0, 0.05) is 5.56 Å². The molecule has 2 heteroatoms. The first-order chi connectivity index (χ1) is 8.31. The Kier molecular flexibility index (Phi) is 2.29. The van der Waals surface area contributed by atoms with Crippen LogP contribution >= 0.6 is 0 Å². The van der Waals surface area contributed by atoms with Gasteiger partial charge >= 0.3 is 0 Å². The lowest BCUT2D eigenvalue weighted by Gasteiger charge is -2.20. The second-order valence-electron chi connectivity index (χ2n) is 4.46. The van der Waals surface area contributed by atoms with Crippen LogP contribution in [0.5, 0.6) is 0 Å². The van der Waals surface area contributed by atoms with Crippen molar-refractivity contribution < 1.29 is 9.59 Å². The molecule has 0 fully saturated rings. The number of hydrogen-bond acceptors (Lipinski definition) is 2. The highest BCUT2D eigenvalue weighted by Gasteiger charge is 2.27. The number of Topliss-reactive ketones (excluding diaryl/α,β-unsaturated/α-hetero) is 1. The zero-order valence-corrected chi connectivity index (χ0v) is 9.35. The van der Waals surface area contributed by atoms with Gasteiger partial charge in [0.1, 0.15) is 6.29 Å². The van der Waals surface area contributed by atoms with E-state index >= 15 is 0 Å². The number of aldehydes is 1. The summed E-state index contributed by atoms with van der Waals surface area (Å²) < 4.78 is 0. The third-order valence-corrected chi connectivity index (χ3v) is 3.51. The molecule has 2 nitrogen and oxygen atoms in total. The van der Waals surface area contributed by atoms with Gasteiger partial charge in [-0.15, -0.1) is 0 Å². The highest BCUT2D eigenvalue weighted by Crippen LogP contribution is 2.30. The van der Waals surface area contributed by atoms with Crippen LogP contribution in [0.4, 0.5) is 0 Å². The highest BCUT2D eigenvalue weighted by molar-refractivity contribution is 6.10. The van der Waals surface area contributed by atoms with Crippen LogP contribution in [-0.2, 0) is 11.2 Å². The van der Waals surface area contributed by atoms with E-state index in [4.69, 9.17) is 0 Å². The van der Waals surface area contributed by atoms with Crippen LogP contribution in [0.1, 0.15) is 22.3 Å². The van der Waals surface area contributed by atoms with Crippen molar-refractivity contribution in [2.45, 2.75) is 12.8 Å². The summed E-state index contributed by atoms with van der Waals surface area (Å²) in [6.45, 7) is 0. The Morgan fingerprint density at radius 3 is 2.76 bits per heavy atom. The minimum Gasteiger partial charge on any atom is -0.303 e. The van der Waals surface area contributed by atoms with Crippen molar-refractivity contribution in [3.63, 3.8) is 0 Å². The average molecular weight is 224 g/mol. The summed E-state index contributed by atoms with van der Waals surface area (Å²) in [5, 5.41) is 2.30. The maximum Gasteiger partial charge on any atom is 0.173 e. The molecule has 1 unspecified atom stereocenters. The van der Waals surface area contributed by atoms with Gasteiger partial charge in [-0.3, -0.25) is 4.79 Å². The van der Waals surface area contributed by atoms with E-state index in [9.17, 15) is 9.59 Å². The molecule has 1 aliphatic rings. The van der Waals surface area contributed by atoms with Gasteiger partial charge in [-0.1, -0.05) is 36.4 Å². The van der Waals surface area contributed by atoms with Gasteiger partial charge in [-0.2, -0.15) is 0 Å². The predicted octanol–water partition coefficient (Wildman–Crippen LogP) is 2.78. The number of ketones is 1. The van der Waals surface area contributed by atoms with E-state index in [0.29, 0.717) is 6.42 Å². The number of carbonyl (C=O) groups is 2. The lowest BCUT2D eigenvalue weighted by atomic mass is 9.81. The maximum absolute atomic E-state index is 12.1. The molecule has 0 aliphatic heterocycles. The van der Waals surface area contributed by atoms with Crippen molar-refractivity contribution in [2.75, 3.05) is 0 Å². The Hall–Kier alpha value is -1.96. The van der Waals surface area contributed by atoms with Crippen LogP contribution in [-0.4, -0.2) is 12.1 Å². The van der Waals surface area contributed by atoms with Gasteiger partial charge in [0.25, 0.3) is 0 Å². The molecule has 0 N–H and O–H groups in total. The van der Waals surface area contributed by atoms with E-state index in [1.165, 1.54) is 0 Å². The van der Waals surface area contributed by atoms with Gasteiger partial charge < -0.3 is 4.79 Å². The normalized spacial score (nSPS) is 19.1. The van der Waals surface area contributed by atoms with E-state index in [0.717, 1.165) is 34.6 Å². The van der Waals surface area contributed by atoms with Crippen LogP contribution in [0.3, 0.4) is 0 Å². The third kappa shape index (κ3) is 1.48. The topological polar surface area (TPSA) is 34.1 Å². The number of carbonyl (C=O) groups excluding carboxylic acids is 2. The van der Waals surface area contributed by atoms with Crippen molar-refractivity contribution in [1.82, 2.24) is 0 Å². The van der Waals surface area contributed by atoms with Gasteiger partial charge in [0.2, 0.25) is 0 Å². The first kappa shape index (κ1) is 10.2. The number of fused-ring (bicyclic) bond motifs is 3. The summed E-state index contributed by atoms with van der Waals surface area (Å²) in [5.74, 6) is -0.462. The Morgan fingerprint density at radius 2 is 1.94 bits per heavy atom. The van der Waals surface area contributed by atoms with E-state index < -0.39 is 5.92 Å². The van der Waals surface area contributed by atoms with E-state index in [2.05, 4.69) is 0 Å². The minimum absolute atomic E-state index is 0.0213. The van der Waals surface area contributed by atoms with E-state index in [1.54, 1.807) is 0 Å². The first-order valence-corrected chi connectivity index (χ1v) is 5.81. The van der Waals surface area contributed by atoms with Crippen molar-refractivity contribution in [3.05, 3.63) is 47.5 Å². The lowest BCUT2D eigenvalue weighted by molar-refractivity contribution is -0.110. The average Bonchev–Trinajstić information content (AvgIpc) is 2.39. The molecule has 0 amide bonds. The highest BCUT2D eigenvalue weighted by atomic mass is 16.1. The van der Waals surface area contributed by atoms with E-state index in [1.807, 2.05) is 36.4 Å². The summed E-state index contributed by atoms with van der Waals surface area (Å²) in [5.41, 5.74) is 1.83. The molecule has 2 aromatic carbocycles. The second kappa shape index (κ2) is 3.81. The van der Waals surface area contributed by atoms with Gasteiger partial charge in [-0.25, -0.2) is 0 Å². The number of hydrogen-bond donors (Lipinski definition) is 0. The van der Waals surface area contributed by atoms with Crippen molar-refractivity contribution in [3.8, 4) is 0 Å². The van der Waals surface area contributed by atoms with Crippen molar-refractivity contribution in [2.24, 2.45) is 5.92 Å². The van der Waals surface area contributed by atoms with Gasteiger partial charge in [0.05, 0.1) is 5.92 Å². The fourth-order valence-electron chi connectivity index (χ4n) is 2.60. The standard InChI is InChI=1S/C15H12O2/c16-9-11-6-7-13-12-4-2-1-3-10(12)5-8-14(13)15(11)17/h1-5,8-9,11H,6-7H2. The number of rotatable bonds is 1. The van der Waals surface area contributed by atoms with Crippen molar-refractivity contribution >= 4 is 22.8 Å². The van der Waals surface area contributed by atoms with Crippen molar-refractivity contribution in [1.29, 1.82) is 0 Å². The molecule has 0 heterocycles. The van der Waals surface area contributed by atoms with Gasteiger partial charge in [-0.05, 0) is 29.2 Å². The zero-order chi connectivity index (χ0) is 11.8. The maximum atomic E-state index is 12.1. The molecule has 0 radical (unpaired) electrons. The summed E-state index contributed by atoms with van der Waals surface area (Å²) in [7, 11) is 0. The SMILES string of the molecule is O=CC1CCc2c(ccc3ccccc23)C1=O. The summed E-state index contributed by atoms with van der Waals surface area (Å²) in [6.07, 6.45) is 2.23. The second-order valence-corrected chi connectivity index (χ2v) is 4.46. The number of aryl methyl sites for hydroxylation is 1. The minimum atomic E-state index is -0.441. The van der Waals surface area contributed by atoms with Crippen LogP contribution in [0.25, 0.3) is 10.8 Å². The van der Waals surface area contributed by atoms with Gasteiger partial charge in [0.15, 0.2) is 5.78 Å². The molecule has 84 valence electrons. The Bertz CT molecular complexity index is 613. The monoisotopic (exact) mass is 224 g/mol. The molecule has 0 aromatic heterocycles. The third-order valence-electron chi connectivity index (χ3n) is 3.51. The van der Waals surface area contributed by atoms with Crippen LogP contribution in [0.2, 0.25) is 0 Å². The fourth-order valence-corrected chi connectivity index (χ4v) is 2.60. The molecule has 0 saturated heterocycles. The Balaban J connectivity index is 2.26. The van der Waals surface area contributed by atoms with Crippen LogP contribution in [0.15, 0.2) is 36.4 Å². The largest absolute Gasteiger partial charge is 0.303 e. The Morgan fingerprint density at radius 1 is 1.12 bits per heavy atom. The Labute approximate surface area is 99.3 Å². The van der Waals surface area contributed by atoms with Crippen LogP contribution < -0.4 is 0 Å². The molecule has 0 spiro atoms. The fraction of sp³-hybridized carbons (Fsp3) is 0.200. The molecular formula is C15H12O2. The molecule has 0 saturated carbocycles. The summed E-state index contributed by atoms with van der Waals surface area (Å²) in [6, 6.07) is 11.9.